The average Bonchev–Trinajstić information content (AvgIpc) is 2.80. The van der Waals surface area contributed by atoms with Gasteiger partial charge in [-0.25, -0.2) is 18.7 Å². The molecule has 194 valence electrons. The minimum Gasteiger partial charge on any atom is -0.393 e. The number of aromatic nitrogens is 2. The predicted octanol–water partition coefficient (Wildman–Crippen LogP) is 4.71. The van der Waals surface area contributed by atoms with E-state index in [2.05, 4.69) is 20.6 Å². The Balaban J connectivity index is 1.84. The number of amides is 1. The molecule has 2 aromatic rings. The first kappa shape index (κ1) is 27.3. The van der Waals surface area contributed by atoms with Crippen molar-refractivity contribution >= 4 is 34.7 Å². The van der Waals surface area contributed by atoms with Gasteiger partial charge in [0.2, 0.25) is 5.95 Å². The molecule has 0 saturated carbocycles. The van der Waals surface area contributed by atoms with Crippen molar-refractivity contribution < 1.29 is 26.7 Å². The Morgan fingerprint density at radius 2 is 1.97 bits per heavy atom. The summed E-state index contributed by atoms with van der Waals surface area (Å²) >= 11 is 6.04. The number of benzene rings is 1. The summed E-state index contributed by atoms with van der Waals surface area (Å²) in [5, 5.41) is 14.4. The van der Waals surface area contributed by atoms with Crippen molar-refractivity contribution in [2.45, 2.75) is 31.5 Å². The number of likely N-dealkylation sites (tertiary alicyclic amines) is 1. The van der Waals surface area contributed by atoms with Crippen LogP contribution in [0.1, 0.15) is 24.5 Å². The SMILES string of the molecule is CN/C=C(\C(=N)C(=O)N1CC(F)(F)C[C@@H](C)[C@H]1CNc1ncc(C(F)(F)F)cn1)c1cccc(Cl)c1. The molecule has 0 unspecified atom stereocenters. The van der Waals surface area contributed by atoms with E-state index >= 15 is 0 Å². The molecule has 0 spiro atoms. The Labute approximate surface area is 209 Å². The van der Waals surface area contributed by atoms with Crippen LogP contribution in [0, 0.1) is 11.3 Å². The lowest BCUT2D eigenvalue weighted by molar-refractivity contribution is -0.145. The van der Waals surface area contributed by atoms with Crippen molar-refractivity contribution in [1.82, 2.24) is 20.2 Å². The number of halogens is 6. The summed E-state index contributed by atoms with van der Waals surface area (Å²) in [5.74, 6) is -4.96. The number of nitrogens with one attached hydrogen (secondary N) is 3. The fraction of sp³-hybridized carbons (Fsp3) is 0.391. The lowest BCUT2D eigenvalue weighted by atomic mass is 9.87. The normalized spacial score (nSPS) is 20.1. The largest absolute Gasteiger partial charge is 0.419 e. The lowest BCUT2D eigenvalue weighted by Gasteiger charge is -2.43. The zero-order valence-corrected chi connectivity index (χ0v) is 20.1. The quantitative estimate of drug-likeness (QED) is 0.356. The molecule has 1 aliphatic rings. The van der Waals surface area contributed by atoms with Crippen molar-refractivity contribution in [2.75, 3.05) is 25.5 Å². The van der Waals surface area contributed by atoms with Crippen LogP contribution in [0.25, 0.3) is 5.57 Å². The van der Waals surface area contributed by atoms with E-state index < -0.39 is 54.2 Å². The molecule has 3 rings (SSSR count). The van der Waals surface area contributed by atoms with E-state index in [1.54, 1.807) is 31.3 Å². The second-order valence-corrected chi connectivity index (χ2v) is 8.88. The molecule has 1 saturated heterocycles. The smallest absolute Gasteiger partial charge is 0.393 e. The molecule has 1 aliphatic heterocycles. The van der Waals surface area contributed by atoms with Gasteiger partial charge in [0.15, 0.2) is 0 Å². The monoisotopic (exact) mass is 530 g/mol. The number of nitrogens with zero attached hydrogens (tertiary/aromatic N) is 3. The van der Waals surface area contributed by atoms with Crippen LogP contribution < -0.4 is 10.6 Å². The summed E-state index contributed by atoms with van der Waals surface area (Å²) in [6.07, 6.45) is -2.50. The van der Waals surface area contributed by atoms with Crippen molar-refractivity contribution in [3.05, 3.63) is 59.0 Å². The van der Waals surface area contributed by atoms with Gasteiger partial charge in [0, 0.05) is 49.2 Å². The number of alkyl halides is 5. The number of carbonyl (C=O) groups is 1. The van der Waals surface area contributed by atoms with Gasteiger partial charge in [-0.1, -0.05) is 30.7 Å². The maximum absolute atomic E-state index is 14.5. The van der Waals surface area contributed by atoms with E-state index in [1.165, 1.54) is 13.1 Å². The number of hydrogen-bond acceptors (Lipinski definition) is 6. The van der Waals surface area contributed by atoms with Gasteiger partial charge in [-0.15, -0.1) is 0 Å². The Bertz CT molecular complexity index is 1140. The van der Waals surface area contributed by atoms with E-state index in [-0.39, 0.29) is 18.1 Å². The standard InChI is InChI=1S/C23H24ClF5N6O/c1-13-7-22(25,26)12-35(18(13)11-34-21-32-8-15(9-33-21)23(27,28)29)20(36)19(30)17(10-31-2)14-4-3-5-16(24)6-14/h3-6,8-10,13,18,30-31H,7,11-12H2,1-2H3,(H,32,33,34)/b17-10-,30-19?/t13-,18-/m1/s1. The molecule has 1 fully saturated rings. The first-order chi connectivity index (χ1) is 16.8. The van der Waals surface area contributed by atoms with Gasteiger partial charge in [-0.3, -0.25) is 10.2 Å². The third-order valence-corrected chi connectivity index (χ3v) is 5.93. The molecular weight excluding hydrogens is 507 g/mol. The number of rotatable bonds is 7. The summed E-state index contributed by atoms with van der Waals surface area (Å²) in [5.41, 5.74) is -0.953. The van der Waals surface area contributed by atoms with Gasteiger partial charge in [0.1, 0.15) is 5.71 Å². The second kappa shape index (κ2) is 10.8. The highest BCUT2D eigenvalue weighted by Gasteiger charge is 2.46. The van der Waals surface area contributed by atoms with Crippen LogP contribution in [0.5, 0.6) is 0 Å². The molecule has 7 nitrogen and oxygen atoms in total. The van der Waals surface area contributed by atoms with Crippen molar-refractivity contribution in [3.8, 4) is 0 Å². The molecule has 13 heteroatoms. The Morgan fingerprint density at radius 3 is 2.56 bits per heavy atom. The highest BCUT2D eigenvalue weighted by molar-refractivity contribution is 6.54. The molecule has 1 aromatic heterocycles. The lowest BCUT2D eigenvalue weighted by Crippen LogP contribution is -2.58. The fourth-order valence-corrected chi connectivity index (χ4v) is 4.19. The van der Waals surface area contributed by atoms with Crippen LogP contribution >= 0.6 is 11.6 Å². The van der Waals surface area contributed by atoms with Crippen LogP contribution in [0.2, 0.25) is 5.02 Å². The summed E-state index contributed by atoms with van der Waals surface area (Å²) in [4.78, 5) is 21.5. The molecule has 0 bridgehead atoms. The minimum atomic E-state index is -4.60. The Hall–Kier alpha value is -3.28. The van der Waals surface area contributed by atoms with Crippen LogP contribution in [0.15, 0.2) is 42.9 Å². The molecule has 3 N–H and O–H groups in total. The van der Waals surface area contributed by atoms with Gasteiger partial charge in [-0.05, 0) is 23.6 Å². The van der Waals surface area contributed by atoms with Gasteiger partial charge in [0.05, 0.1) is 18.2 Å². The third-order valence-electron chi connectivity index (χ3n) is 5.70. The molecule has 1 amide bonds. The van der Waals surface area contributed by atoms with Crippen LogP contribution in [0.3, 0.4) is 0 Å². The average molecular weight is 531 g/mol. The van der Waals surface area contributed by atoms with E-state index in [0.717, 1.165) is 4.90 Å². The van der Waals surface area contributed by atoms with E-state index in [4.69, 9.17) is 17.0 Å². The Kier molecular flexibility index (Phi) is 8.17. The van der Waals surface area contributed by atoms with E-state index in [1.807, 2.05) is 0 Å². The molecule has 36 heavy (non-hydrogen) atoms. The summed E-state index contributed by atoms with van der Waals surface area (Å²) < 4.78 is 67.2. The van der Waals surface area contributed by atoms with Gasteiger partial charge in [-0.2, -0.15) is 13.2 Å². The van der Waals surface area contributed by atoms with Crippen molar-refractivity contribution in [2.24, 2.45) is 5.92 Å². The summed E-state index contributed by atoms with van der Waals surface area (Å²) in [6, 6.07) is 5.61. The van der Waals surface area contributed by atoms with Crippen LogP contribution in [-0.4, -0.2) is 58.6 Å². The number of carbonyl (C=O) groups excluding carboxylic acids is 1. The summed E-state index contributed by atoms with van der Waals surface area (Å²) in [7, 11) is 1.57. The highest BCUT2D eigenvalue weighted by atomic mass is 35.5. The zero-order chi connectivity index (χ0) is 26.7. The van der Waals surface area contributed by atoms with Gasteiger partial charge in [0.25, 0.3) is 11.8 Å². The maximum atomic E-state index is 14.5. The van der Waals surface area contributed by atoms with Crippen LogP contribution in [-0.2, 0) is 11.0 Å². The number of piperidine rings is 1. The first-order valence-electron chi connectivity index (χ1n) is 10.9. The van der Waals surface area contributed by atoms with Gasteiger partial charge >= 0.3 is 6.18 Å². The molecule has 2 atom stereocenters. The molecule has 1 aromatic carbocycles. The van der Waals surface area contributed by atoms with E-state index in [9.17, 15) is 26.7 Å². The van der Waals surface area contributed by atoms with Crippen molar-refractivity contribution in [1.29, 1.82) is 5.41 Å². The van der Waals surface area contributed by atoms with Crippen LogP contribution in [0.4, 0.5) is 27.9 Å². The zero-order valence-electron chi connectivity index (χ0n) is 19.3. The Morgan fingerprint density at radius 1 is 1.31 bits per heavy atom. The first-order valence-corrected chi connectivity index (χ1v) is 11.2. The summed E-state index contributed by atoms with van der Waals surface area (Å²) in [6.45, 7) is 0.517. The highest BCUT2D eigenvalue weighted by Crippen LogP contribution is 2.35. The topological polar surface area (TPSA) is 94.0 Å². The molecule has 2 heterocycles. The second-order valence-electron chi connectivity index (χ2n) is 8.44. The maximum Gasteiger partial charge on any atom is 0.419 e. The van der Waals surface area contributed by atoms with Crippen molar-refractivity contribution in [3.63, 3.8) is 0 Å². The number of hydrogen-bond donors (Lipinski definition) is 3. The third kappa shape index (κ3) is 6.48. The minimum absolute atomic E-state index is 0.107. The molecule has 0 aliphatic carbocycles. The van der Waals surface area contributed by atoms with Gasteiger partial charge < -0.3 is 15.5 Å². The fourth-order valence-electron chi connectivity index (χ4n) is 4.00. The molecule has 0 radical (unpaired) electrons. The number of anilines is 1. The predicted molar refractivity (Wildman–Crippen MR) is 126 cm³/mol. The molecular formula is C23H24ClF5N6O. The van der Waals surface area contributed by atoms with E-state index in [0.29, 0.717) is 23.0 Å².